The van der Waals surface area contributed by atoms with Crippen molar-refractivity contribution in [3.05, 3.63) is 70.9 Å². The first-order valence-electron chi connectivity index (χ1n) is 11.1. The summed E-state index contributed by atoms with van der Waals surface area (Å²) in [6, 6.07) is 7.91. The Kier molecular flexibility index (Phi) is 9.39. The van der Waals surface area contributed by atoms with E-state index >= 15 is 0 Å². The Labute approximate surface area is 215 Å². The van der Waals surface area contributed by atoms with Gasteiger partial charge in [0.2, 0.25) is 0 Å². The van der Waals surface area contributed by atoms with Gasteiger partial charge in [0.25, 0.3) is 0 Å². The number of pyridine rings is 1. The van der Waals surface area contributed by atoms with Crippen LogP contribution in [0.5, 0.6) is 0 Å². The maximum Gasteiger partial charge on any atom is 0.505 e. The largest absolute Gasteiger partial charge is 0.505 e. The van der Waals surface area contributed by atoms with Crippen LogP contribution in [0.4, 0.5) is 24.2 Å². The molecule has 1 heterocycles. The van der Waals surface area contributed by atoms with E-state index in [1.807, 2.05) is 0 Å². The predicted octanol–water partition coefficient (Wildman–Crippen LogP) is 2.80. The summed E-state index contributed by atoms with van der Waals surface area (Å²) in [7, 11) is 1.39. The minimum absolute atomic E-state index is 0.0879. The summed E-state index contributed by atoms with van der Waals surface area (Å²) in [5.41, 5.74) is 0.346. The number of aliphatic hydroxyl groups excluding tert-OH is 2. The lowest BCUT2D eigenvalue weighted by Crippen LogP contribution is -2.47. The molecule has 0 spiro atoms. The average molecular weight is 540 g/mol. The van der Waals surface area contributed by atoms with Crippen LogP contribution < -0.4 is 15.4 Å². The van der Waals surface area contributed by atoms with E-state index < -0.39 is 42.5 Å². The lowest BCUT2D eigenvalue weighted by atomic mass is 10.1. The number of nitrogens with one attached hydrogen (secondary N) is 2. The molecule has 0 unspecified atom stereocenters. The minimum Gasteiger partial charge on any atom is -0.429 e. The molecule has 1 aromatic heterocycles. The smallest absolute Gasteiger partial charge is 0.429 e. The summed E-state index contributed by atoms with van der Waals surface area (Å²) in [4.78, 5) is 26.2. The van der Waals surface area contributed by atoms with Crippen LogP contribution in [-0.4, -0.2) is 64.9 Å². The number of halogens is 3. The van der Waals surface area contributed by atoms with Crippen LogP contribution in [0.3, 0.4) is 0 Å². The second-order valence-electron chi connectivity index (χ2n) is 8.21. The maximum atomic E-state index is 13.6. The first-order chi connectivity index (χ1) is 17.6. The first kappa shape index (κ1) is 27.8. The molecule has 198 valence electrons. The molecule has 0 aliphatic heterocycles. The standard InChI is InChI=1S/C24H25ClF2N4O6/c1-30(23(34)28-10-14-3-2-4-20(27)22(14)25)18(9-19(33)12-32)13-37-24(35)29-21-8-16-7-17(26)6-5-15(16)11-31(21)36/h2-8,11,18-19,32-33,36H,9-10,12-13H2,1H3,(H,28,34)/p+1/t18-,19+/m0/s1. The van der Waals surface area contributed by atoms with Gasteiger partial charge in [-0.25, -0.2) is 13.6 Å². The molecule has 3 rings (SSSR count). The summed E-state index contributed by atoms with van der Waals surface area (Å²) in [5.74, 6) is -1.23. The zero-order valence-corrected chi connectivity index (χ0v) is 20.5. The van der Waals surface area contributed by atoms with E-state index in [0.29, 0.717) is 21.1 Å². The maximum absolute atomic E-state index is 13.6. The van der Waals surface area contributed by atoms with Crippen LogP contribution in [0.15, 0.2) is 48.7 Å². The van der Waals surface area contributed by atoms with Crippen LogP contribution in [0.1, 0.15) is 12.0 Å². The highest BCUT2D eigenvalue weighted by Gasteiger charge is 2.26. The van der Waals surface area contributed by atoms with E-state index in [0.717, 1.165) is 4.90 Å². The van der Waals surface area contributed by atoms with Crippen LogP contribution in [-0.2, 0) is 11.3 Å². The van der Waals surface area contributed by atoms with E-state index in [-0.39, 0.29) is 30.4 Å². The number of anilines is 1. The summed E-state index contributed by atoms with van der Waals surface area (Å²) < 4.78 is 33.0. The molecule has 0 saturated carbocycles. The third kappa shape index (κ3) is 7.38. The second-order valence-corrected chi connectivity index (χ2v) is 8.59. The topological polar surface area (TPSA) is 135 Å². The summed E-state index contributed by atoms with van der Waals surface area (Å²) >= 11 is 5.91. The van der Waals surface area contributed by atoms with E-state index in [4.69, 9.17) is 16.3 Å². The molecule has 0 aliphatic rings. The highest BCUT2D eigenvalue weighted by molar-refractivity contribution is 6.31. The molecule has 3 aromatic rings. The van der Waals surface area contributed by atoms with Crippen molar-refractivity contribution >= 4 is 40.3 Å². The van der Waals surface area contributed by atoms with Crippen molar-refractivity contribution in [2.24, 2.45) is 0 Å². The molecule has 13 heteroatoms. The van der Waals surface area contributed by atoms with Gasteiger partial charge in [0, 0.05) is 25.0 Å². The Balaban J connectivity index is 1.64. The Morgan fingerprint density at radius 3 is 2.68 bits per heavy atom. The number of benzene rings is 2. The SMILES string of the molecule is CN(C(=O)NCc1cccc(F)c1Cl)[C@H](COC(=O)Nc1cc2cc(F)ccc2c[n+]1O)C[C@@H](O)CO. The predicted molar refractivity (Wildman–Crippen MR) is 129 cm³/mol. The molecule has 2 aromatic carbocycles. The van der Waals surface area contributed by atoms with Gasteiger partial charge in [0.15, 0.2) is 0 Å². The molecular formula is C24H26ClF2N4O6+. The number of urea groups is 1. The van der Waals surface area contributed by atoms with Gasteiger partial charge in [0.05, 0.1) is 23.8 Å². The molecule has 2 atom stereocenters. The Morgan fingerprint density at radius 1 is 1.19 bits per heavy atom. The van der Waals surface area contributed by atoms with Crippen molar-refractivity contribution in [2.75, 3.05) is 25.6 Å². The molecule has 0 fully saturated rings. The van der Waals surface area contributed by atoms with Gasteiger partial charge in [-0.1, -0.05) is 28.5 Å². The van der Waals surface area contributed by atoms with Crippen molar-refractivity contribution in [3.8, 4) is 0 Å². The number of carbonyl (C=O) groups excluding carboxylic acids is 2. The molecule has 0 aliphatic carbocycles. The number of hydrogen-bond donors (Lipinski definition) is 5. The quantitative estimate of drug-likeness (QED) is 0.210. The van der Waals surface area contributed by atoms with Crippen LogP contribution in [0, 0.1) is 11.6 Å². The molecule has 0 bridgehead atoms. The van der Waals surface area contributed by atoms with Gasteiger partial charge in [-0.15, -0.1) is 0 Å². The average Bonchev–Trinajstić information content (AvgIpc) is 2.87. The van der Waals surface area contributed by atoms with Crippen LogP contribution in [0.2, 0.25) is 5.02 Å². The molecular weight excluding hydrogens is 514 g/mol. The third-order valence-corrected chi connectivity index (χ3v) is 5.99. The Morgan fingerprint density at radius 2 is 1.95 bits per heavy atom. The normalized spacial score (nSPS) is 12.6. The van der Waals surface area contributed by atoms with Crippen LogP contribution >= 0.6 is 11.6 Å². The molecule has 37 heavy (non-hydrogen) atoms. The zero-order valence-electron chi connectivity index (χ0n) is 19.7. The summed E-state index contributed by atoms with van der Waals surface area (Å²) in [5, 5.41) is 34.9. The fourth-order valence-electron chi connectivity index (χ4n) is 3.48. The van der Waals surface area contributed by atoms with Gasteiger partial charge < -0.3 is 30.4 Å². The molecule has 0 saturated heterocycles. The van der Waals surface area contributed by atoms with Gasteiger partial charge in [-0.2, -0.15) is 10.1 Å². The van der Waals surface area contributed by atoms with E-state index in [1.54, 1.807) is 6.07 Å². The number of aliphatic hydroxyl groups is 2. The van der Waals surface area contributed by atoms with Crippen molar-refractivity contribution in [3.63, 3.8) is 0 Å². The number of likely N-dealkylation sites (N-methyl/N-ethyl adjacent to an activating group) is 1. The fourth-order valence-corrected chi connectivity index (χ4v) is 3.67. The number of ether oxygens (including phenoxy) is 1. The number of carbonyl (C=O) groups is 2. The molecule has 3 amide bonds. The number of nitrogens with zero attached hydrogens (tertiary/aromatic N) is 2. The number of hydrogen-bond acceptors (Lipinski definition) is 6. The van der Waals surface area contributed by atoms with Crippen molar-refractivity contribution in [1.29, 1.82) is 0 Å². The van der Waals surface area contributed by atoms with Gasteiger partial charge in [-0.05, 0) is 41.6 Å². The van der Waals surface area contributed by atoms with Gasteiger partial charge >= 0.3 is 17.9 Å². The van der Waals surface area contributed by atoms with Crippen molar-refractivity contribution < 1.29 is 43.3 Å². The lowest BCUT2D eigenvalue weighted by Gasteiger charge is -2.29. The van der Waals surface area contributed by atoms with E-state index in [1.165, 1.54) is 49.6 Å². The number of rotatable bonds is 9. The molecule has 5 N–H and O–H groups in total. The van der Waals surface area contributed by atoms with Gasteiger partial charge in [-0.3, -0.25) is 0 Å². The number of aromatic nitrogens is 1. The Hall–Kier alpha value is -3.74. The van der Waals surface area contributed by atoms with Crippen molar-refractivity contribution in [1.82, 2.24) is 10.2 Å². The highest BCUT2D eigenvalue weighted by atomic mass is 35.5. The monoisotopic (exact) mass is 539 g/mol. The fraction of sp³-hybridized carbons (Fsp3) is 0.292. The third-order valence-electron chi connectivity index (χ3n) is 5.57. The van der Waals surface area contributed by atoms with Gasteiger partial charge in [0.1, 0.15) is 24.4 Å². The molecule has 10 nitrogen and oxygen atoms in total. The van der Waals surface area contributed by atoms with Crippen LogP contribution in [0.25, 0.3) is 10.8 Å². The summed E-state index contributed by atoms with van der Waals surface area (Å²) in [6.45, 7) is -1.06. The second kappa shape index (κ2) is 12.5. The number of fused-ring (bicyclic) bond motifs is 1. The minimum atomic E-state index is -1.21. The Bertz CT molecular complexity index is 1280. The first-order valence-corrected chi connectivity index (χ1v) is 11.5. The van der Waals surface area contributed by atoms with E-state index in [2.05, 4.69) is 10.6 Å². The summed E-state index contributed by atoms with van der Waals surface area (Å²) in [6.07, 6.45) is -1.07. The zero-order chi connectivity index (χ0) is 27.1. The van der Waals surface area contributed by atoms with E-state index in [9.17, 15) is 33.8 Å². The lowest BCUT2D eigenvalue weighted by molar-refractivity contribution is -0.892. The molecule has 0 radical (unpaired) electrons. The highest BCUT2D eigenvalue weighted by Crippen LogP contribution is 2.20. The van der Waals surface area contributed by atoms with Crippen molar-refractivity contribution in [2.45, 2.75) is 25.1 Å². The number of amides is 3.